The number of carbonyl (C=O) groups is 1. The Hall–Kier alpha value is -2.11. The van der Waals surface area contributed by atoms with Crippen LogP contribution in [0.15, 0.2) is 23.4 Å². The Labute approximate surface area is 143 Å². The van der Waals surface area contributed by atoms with E-state index in [1.165, 1.54) is 11.8 Å². The van der Waals surface area contributed by atoms with Crippen molar-refractivity contribution >= 4 is 35.0 Å². The van der Waals surface area contributed by atoms with Gasteiger partial charge in [-0.15, -0.1) is 5.10 Å². The summed E-state index contributed by atoms with van der Waals surface area (Å²) in [5, 5.41) is 23.9. The number of rotatable bonds is 6. The second-order valence-corrected chi connectivity index (χ2v) is 6.53. The van der Waals surface area contributed by atoms with Crippen molar-refractivity contribution in [2.75, 3.05) is 11.1 Å². The van der Waals surface area contributed by atoms with Gasteiger partial charge < -0.3 is 5.32 Å². The molecule has 120 valence electrons. The van der Waals surface area contributed by atoms with Gasteiger partial charge in [0, 0.05) is 12.2 Å². The van der Waals surface area contributed by atoms with Crippen LogP contribution in [0.4, 0.5) is 5.69 Å². The summed E-state index contributed by atoms with van der Waals surface area (Å²) < 4.78 is 1.68. The zero-order valence-electron chi connectivity index (χ0n) is 12.7. The number of hydrogen-bond donors (Lipinski definition) is 1. The Morgan fingerprint density at radius 3 is 2.96 bits per heavy atom. The number of nitrogens with one attached hydrogen (secondary N) is 1. The van der Waals surface area contributed by atoms with E-state index in [1.54, 1.807) is 22.9 Å². The Bertz CT molecular complexity index is 739. The molecule has 7 nitrogen and oxygen atoms in total. The molecule has 0 unspecified atom stereocenters. The van der Waals surface area contributed by atoms with Gasteiger partial charge in [0.2, 0.25) is 11.1 Å². The third-order valence-electron chi connectivity index (χ3n) is 2.74. The Morgan fingerprint density at radius 1 is 1.52 bits per heavy atom. The van der Waals surface area contributed by atoms with Crippen LogP contribution in [0.5, 0.6) is 0 Å². The predicted octanol–water partition coefficient (Wildman–Crippen LogP) is 2.58. The number of thioether (sulfide) groups is 1. The molecule has 1 N–H and O–H groups in total. The molecule has 1 heterocycles. The summed E-state index contributed by atoms with van der Waals surface area (Å²) in [5.74, 6) is 0.387. The fourth-order valence-corrected chi connectivity index (χ4v) is 2.68. The molecule has 0 atom stereocenters. The second-order valence-electron chi connectivity index (χ2n) is 5.18. The number of nitriles is 1. The normalized spacial score (nSPS) is 10.6. The molecule has 0 spiro atoms. The summed E-state index contributed by atoms with van der Waals surface area (Å²) in [6.07, 6.45) is 0. The van der Waals surface area contributed by atoms with Crippen molar-refractivity contribution in [2.24, 2.45) is 5.92 Å². The minimum absolute atomic E-state index is 0.177. The van der Waals surface area contributed by atoms with Crippen LogP contribution in [-0.2, 0) is 11.3 Å². The summed E-state index contributed by atoms with van der Waals surface area (Å²) in [7, 11) is 0. The van der Waals surface area contributed by atoms with Crippen molar-refractivity contribution in [3.63, 3.8) is 0 Å². The molecule has 9 heteroatoms. The fourth-order valence-electron chi connectivity index (χ4n) is 1.77. The Balaban J connectivity index is 1.92. The lowest BCUT2D eigenvalue weighted by Crippen LogP contribution is -2.15. The van der Waals surface area contributed by atoms with Gasteiger partial charge in [-0.2, -0.15) is 5.26 Å². The number of tetrazole rings is 1. The highest BCUT2D eigenvalue weighted by atomic mass is 35.5. The van der Waals surface area contributed by atoms with Crippen LogP contribution in [0.25, 0.3) is 0 Å². The van der Waals surface area contributed by atoms with Gasteiger partial charge in [0.1, 0.15) is 6.07 Å². The quantitative estimate of drug-likeness (QED) is 0.804. The lowest BCUT2D eigenvalue weighted by molar-refractivity contribution is -0.113. The summed E-state index contributed by atoms with van der Waals surface area (Å²) in [5.41, 5.74) is 0.910. The SMILES string of the molecule is CC(C)Cn1nnnc1SCC(=O)Nc1ccc(C#N)c(Cl)c1. The van der Waals surface area contributed by atoms with Gasteiger partial charge in [0.15, 0.2) is 0 Å². The molecule has 23 heavy (non-hydrogen) atoms. The number of carbonyl (C=O) groups excluding carboxylic acids is 1. The largest absolute Gasteiger partial charge is 0.325 e. The van der Waals surface area contributed by atoms with Crippen LogP contribution in [0.3, 0.4) is 0 Å². The summed E-state index contributed by atoms with van der Waals surface area (Å²) >= 11 is 7.20. The highest BCUT2D eigenvalue weighted by molar-refractivity contribution is 7.99. The molecule has 0 fully saturated rings. The smallest absolute Gasteiger partial charge is 0.234 e. The average Bonchev–Trinajstić information content (AvgIpc) is 2.92. The van der Waals surface area contributed by atoms with Crippen LogP contribution in [-0.4, -0.2) is 31.9 Å². The number of halogens is 1. The van der Waals surface area contributed by atoms with Crippen molar-refractivity contribution in [2.45, 2.75) is 25.5 Å². The average molecular weight is 351 g/mol. The standard InChI is InChI=1S/C14H15ClN6OS/c1-9(2)7-21-14(18-19-20-21)23-8-13(22)17-11-4-3-10(6-16)12(15)5-11/h3-5,9H,7-8H2,1-2H3,(H,17,22). The lowest BCUT2D eigenvalue weighted by Gasteiger charge is -2.07. The molecular weight excluding hydrogens is 336 g/mol. The van der Waals surface area contributed by atoms with Crippen LogP contribution in [0.2, 0.25) is 5.02 Å². The summed E-state index contributed by atoms with van der Waals surface area (Å²) in [4.78, 5) is 12.0. The predicted molar refractivity (Wildman–Crippen MR) is 88.2 cm³/mol. The minimum atomic E-state index is -0.199. The van der Waals surface area contributed by atoms with E-state index >= 15 is 0 Å². The van der Waals surface area contributed by atoms with Crippen LogP contribution >= 0.6 is 23.4 Å². The van der Waals surface area contributed by atoms with Crippen LogP contribution < -0.4 is 5.32 Å². The lowest BCUT2D eigenvalue weighted by atomic mass is 10.2. The van der Waals surface area contributed by atoms with E-state index in [9.17, 15) is 4.79 Å². The first-order valence-electron chi connectivity index (χ1n) is 6.88. The molecule has 0 aliphatic heterocycles. The first-order chi connectivity index (χ1) is 11.0. The topological polar surface area (TPSA) is 96.5 Å². The molecule has 0 saturated heterocycles. The maximum Gasteiger partial charge on any atom is 0.234 e. The summed E-state index contributed by atoms with van der Waals surface area (Å²) in [6.45, 7) is 4.83. The van der Waals surface area contributed by atoms with E-state index in [-0.39, 0.29) is 11.7 Å². The van der Waals surface area contributed by atoms with Crippen molar-refractivity contribution in [1.29, 1.82) is 5.26 Å². The third-order valence-corrected chi connectivity index (χ3v) is 4.01. The molecule has 1 aromatic carbocycles. The molecule has 2 aromatic rings. The molecule has 2 rings (SSSR count). The molecule has 0 radical (unpaired) electrons. The second kappa shape index (κ2) is 7.94. The molecule has 1 aromatic heterocycles. The third kappa shape index (κ3) is 4.94. The number of aromatic nitrogens is 4. The number of benzene rings is 1. The Kier molecular flexibility index (Phi) is 5.96. The molecule has 0 aliphatic rings. The zero-order valence-corrected chi connectivity index (χ0v) is 14.2. The van der Waals surface area contributed by atoms with Crippen molar-refractivity contribution < 1.29 is 4.79 Å². The molecule has 0 bridgehead atoms. The Morgan fingerprint density at radius 2 is 2.30 bits per heavy atom. The van der Waals surface area contributed by atoms with E-state index in [0.29, 0.717) is 33.9 Å². The van der Waals surface area contributed by atoms with Crippen molar-refractivity contribution in [3.05, 3.63) is 28.8 Å². The first kappa shape index (κ1) is 17.2. The summed E-state index contributed by atoms with van der Waals surface area (Å²) in [6, 6.07) is 6.71. The van der Waals surface area contributed by atoms with Gasteiger partial charge in [-0.25, -0.2) is 4.68 Å². The first-order valence-corrected chi connectivity index (χ1v) is 8.24. The molecule has 1 amide bonds. The van der Waals surface area contributed by atoms with Gasteiger partial charge in [-0.3, -0.25) is 4.79 Å². The van der Waals surface area contributed by atoms with Gasteiger partial charge in [0.25, 0.3) is 0 Å². The highest BCUT2D eigenvalue weighted by Crippen LogP contribution is 2.21. The molecular formula is C14H15ClN6OS. The van der Waals surface area contributed by atoms with E-state index in [2.05, 4.69) is 34.7 Å². The minimum Gasteiger partial charge on any atom is -0.325 e. The number of nitrogens with zero attached hydrogens (tertiary/aromatic N) is 5. The van der Waals surface area contributed by atoms with E-state index in [0.717, 1.165) is 0 Å². The maximum absolute atomic E-state index is 12.0. The van der Waals surface area contributed by atoms with Gasteiger partial charge >= 0.3 is 0 Å². The van der Waals surface area contributed by atoms with Crippen molar-refractivity contribution in [3.8, 4) is 6.07 Å². The number of anilines is 1. The van der Waals surface area contributed by atoms with Gasteiger partial charge in [-0.1, -0.05) is 37.2 Å². The highest BCUT2D eigenvalue weighted by Gasteiger charge is 2.11. The molecule has 0 saturated carbocycles. The monoisotopic (exact) mass is 350 g/mol. The zero-order chi connectivity index (χ0) is 16.8. The van der Waals surface area contributed by atoms with E-state index < -0.39 is 0 Å². The van der Waals surface area contributed by atoms with Crippen molar-refractivity contribution in [1.82, 2.24) is 20.2 Å². The number of hydrogen-bond acceptors (Lipinski definition) is 6. The number of amides is 1. The van der Waals surface area contributed by atoms with Gasteiger partial charge in [0.05, 0.1) is 16.3 Å². The van der Waals surface area contributed by atoms with E-state index in [4.69, 9.17) is 16.9 Å². The van der Waals surface area contributed by atoms with Crippen LogP contribution in [0, 0.1) is 17.2 Å². The maximum atomic E-state index is 12.0. The molecule has 0 aliphatic carbocycles. The van der Waals surface area contributed by atoms with Crippen LogP contribution in [0.1, 0.15) is 19.4 Å². The fraction of sp³-hybridized carbons (Fsp3) is 0.357. The van der Waals surface area contributed by atoms with E-state index in [1.807, 2.05) is 6.07 Å². The van der Waals surface area contributed by atoms with Gasteiger partial charge in [-0.05, 0) is 34.5 Å².